The van der Waals surface area contributed by atoms with E-state index in [0.717, 1.165) is 12.1 Å². The zero-order valence-electron chi connectivity index (χ0n) is 21.7. The molecular formula is C27H30O15. The van der Waals surface area contributed by atoms with Crippen LogP contribution in [-0.4, -0.2) is 121 Å². The van der Waals surface area contributed by atoms with Gasteiger partial charge in [0, 0.05) is 23.8 Å². The SMILES string of the molecule is O=c1cc(-c2ccc(O[C@@H]3OC(CO)[C@@H](O)C(O)C3O)cc2)oc2cc(O[C@@H]3OC(CO)[C@@H](O)[C@H](O)C3O)cc(O)c12. The van der Waals surface area contributed by atoms with E-state index in [4.69, 9.17) is 23.4 Å². The zero-order valence-corrected chi connectivity index (χ0v) is 21.7. The number of phenolic OH excluding ortho intramolecular Hbond substituents is 1. The van der Waals surface area contributed by atoms with Crippen molar-refractivity contribution >= 4 is 11.0 Å². The summed E-state index contributed by atoms with van der Waals surface area (Å²) in [5, 5.41) is 89.3. The summed E-state index contributed by atoms with van der Waals surface area (Å²) in [7, 11) is 0. The molecule has 3 heterocycles. The zero-order chi connectivity index (χ0) is 30.3. The van der Waals surface area contributed by atoms with Gasteiger partial charge in [0.2, 0.25) is 12.6 Å². The van der Waals surface area contributed by atoms with Crippen molar-refractivity contribution in [2.24, 2.45) is 0 Å². The van der Waals surface area contributed by atoms with E-state index in [1.165, 1.54) is 30.3 Å². The number of aliphatic hydroxyl groups is 8. The lowest BCUT2D eigenvalue weighted by molar-refractivity contribution is -0.277. The highest BCUT2D eigenvalue weighted by molar-refractivity contribution is 5.86. The van der Waals surface area contributed by atoms with Crippen LogP contribution in [0.25, 0.3) is 22.3 Å². The van der Waals surface area contributed by atoms with Gasteiger partial charge in [-0.25, -0.2) is 0 Å². The number of fused-ring (bicyclic) bond motifs is 1. The molecule has 5 rings (SSSR count). The summed E-state index contributed by atoms with van der Waals surface area (Å²) in [5.74, 6) is -0.362. The Kier molecular flexibility index (Phi) is 8.68. The summed E-state index contributed by atoms with van der Waals surface area (Å²) in [6.45, 7) is -1.28. The maximum atomic E-state index is 12.8. The van der Waals surface area contributed by atoms with Gasteiger partial charge >= 0.3 is 0 Å². The molecule has 2 aliphatic heterocycles. The first-order chi connectivity index (χ1) is 20.0. The fourth-order valence-corrected chi connectivity index (χ4v) is 4.75. The van der Waals surface area contributed by atoms with Crippen LogP contribution in [0.15, 0.2) is 51.7 Å². The number of rotatable bonds is 7. The van der Waals surface area contributed by atoms with Gasteiger partial charge in [-0.05, 0) is 24.3 Å². The molecular weight excluding hydrogens is 564 g/mol. The second kappa shape index (κ2) is 12.1. The minimum atomic E-state index is -1.71. The van der Waals surface area contributed by atoms with Crippen molar-refractivity contribution in [1.82, 2.24) is 0 Å². The molecule has 0 amide bonds. The molecule has 2 aromatic carbocycles. The molecule has 42 heavy (non-hydrogen) atoms. The quantitative estimate of drug-likeness (QED) is 0.137. The molecule has 0 radical (unpaired) electrons. The van der Waals surface area contributed by atoms with Crippen molar-refractivity contribution in [3.05, 3.63) is 52.7 Å². The standard InChI is InChI=1S/C27H30O15/c28-8-17-20(32)22(34)24(36)26(41-17)38-11-3-1-10(2-4-11)15-7-14(31)19-13(30)5-12(6-16(19)40-15)39-27-25(37)23(35)21(33)18(9-29)42-27/h1-7,17-18,20-30,32-37H,8-9H2/t17?,18?,20-,21-,22?,23+,24?,25?,26-,27-/m1/s1. The Balaban J connectivity index is 1.37. The molecule has 15 nitrogen and oxygen atoms in total. The van der Waals surface area contributed by atoms with Gasteiger partial charge in [-0.15, -0.1) is 0 Å². The molecule has 2 aliphatic rings. The predicted molar refractivity (Wildman–Crippen MR) is 138 cm³/mol. The number of ether oxygens (including phenoxy) is 4. The average molecular weight is 595 g/mol. The molecule has 5 unspecified atom stereocenters. The Morgan fingerprint density at radius 1 is 0.667 bits per heavy atom. The van der Waals surface area contributed by atoms with Gasteiger partial charge in [0.1, 0.15) is 82.8 Å². The summed E-state index contributed by atoms with van der Waals surface area (Å²) >= 11 is 0. The lowest BCUT2D eigenvalue weighted by Crippen LogP contribution is -2.60. The number of hydrogen-bond donors (Lipinski definition) is 9. The summed E-state index contributed by atoms with van der Waals surface area (Å²) in [6.07, 6.45) is -15.0. The Labute approximate surface area is 236 Å². The van der Waals surface area contributed by atoms with Crippen LogP contribution >= 0.6 is 0 Å². The first-order valence-electron chi connectivity index (χ1n) is 12.9. The number of phenols is 1. The maximum absolute atomic E-state index is 12.8. The van der Waals surface area contributed by atoms with Crippen LogP contribution in [0.2, 0.25) is 0 Å². The molecule has 2 fully saturated rings. The van der Waals surface area contributed by atoms with Crippen LogP contribution in [-0.2, 0) is 9.47 Å². The van der Waals surface area contributed by atoms with Gasteiger partial charge in [0.05, 0.1) is 13.2 Å². The number of aliphatic hydroxyl groups excluding tert-OH is 8. The van der Waals surface area contributed by atoms with Crippen molar-refractivity contribution < 1.29 is 69.3 Å². The van der Waals surface area contributed by atoms with E-state index in [-0.39, 0.29) is 28.2 Å². The van der Waals surface area contributed by atoms with E-state index in [1.54, 1.807) is 0 Å². The lowest BCUT2D eigenvalue weighted by atomic mass is 9.99. The minimum Gasteiger partial charge on any atom is -0.507 e. The fourth-order valence-electron chi connectivity index (χ4n) is 4.75. The van der Waals surface area contributed by atoms with E-state index < -0.39 is 85.8 Å². The first-order valence-corrected chi connectivity index (χ1v) is 12.9. The van der Waals surface area contributed by atoms with Gasteiger partial charge in [-0.2, -0.15) is 0 Å². The third-order valence-corrected chi connectivity index (χ3v) is 7.12. The first kappa shape index (κ1) is 30.1. The predicted octanol–water partition coefficient (Wildman–Crippen LogP) is -2.48. The largest absolute Gasteiger partial charge is 0.507 e. The van der Waals surface area contributed by atoms with Crippen molar-refractivity contribution in [2.45, 2.75) is 61.4 Å². The molecule has 228 valence electrons. The van der Waals surface area contributed by atoms with Gasteiger partial charge in [0.15, 0.2) is 5.43 Å². The molecule has 0 bridgehead atoms. The second-order valence-electron chi connectivity index (χ2n) is 9.95. The normalized spacial score (nSPS) is 33.4. The van der Waals surface area contributed by atoms with Crippen molar-refractivity contribution in [1.29, 1.82) is 0 Å². The highest BCUT2D eigenvalue weighted by Gasteiger charge is 2.45. The molecule has 2 saturated heterocycles. The maximum Gasteiger partial charge on any atom is 0.229 e. The van der Waals surface area contributed by atoms with E-state index in [1.807, 2.05) is 0 Å². The molecule has 9 N–H and O–H groups in total. The summed E-state index contributed by atoms with van der Waals surface area (Å²) in [6, 6.07) is 9.40. The van der Waals surface area contributed by atoms with Gasteiger partial charge < -0.3 is 69.3 Å². The Morgan fingerprint density at radius 2 is 1.19 bits per heavy atom. The van der Waals surface area contributed by atoms with Gasteiger partial charge in [-0.1, -0.05) is 0 Å². The number of benzene rings is 2. The molecule has 0 spiro atoms. The van der Waals surface area contributed by atoms with E-state index in [9.17, 15) is 50.8 Å². The van der Waals surface area contributed by atoms with Crippen LogP contribution in [0.4, 0.5) is 0 Å². The third kappa shape index (κ3) is 5.67. The van der Waals surface area contributed by atoms with E-state index in [0.29, 0.717) is 5.56 Å². The smallest absolute Gasteiger partial charge is 0.229 e. The van der Waals surface area contributed by atoms with Crippen LogP contribution in [0, 0.1) is 0 Å². The monoisotopic (exact) mass is 594 g/mol. The highest BCUT2D eigenvalue weighted by Crippen LogP contribution is 2.34. The topological polar surface area (TPSA) is 249 Å². The average Bonchev–Trinajstić information content (AvgIpc) is 2.97. The summed E-state index contributed by atoms with van der Waals surface area (Å²) in [4.78, 5) is 12.8. The fraction of sp³-hybridized carbons (Fsp3) is 0.444. The number of hydrogen-bond acceptors (Lipinski definition) is 15. The van der Waals surface area contributed by atoms with Gasteiger partial charge in [-0.3, -0.25) is 4.79 Å². The minimum absolute atomic E-state index is 0.0799. The lowest BCUT2D eigenvalue weighted by Gasteiger charge is -2.39. The second-order valence-corrected chi connectivity index (χ2v) is 9.95. The van der Waals surface area contributed by atoms with Crippen molar-refractivity contribution in [2.75, 3.05) is 13.2 Å². The van der Waals surface area contributed by atoms with Gasteiger partial charge in [0.25, 0.3) is 0 Å². The Morgan fingerprint density at radius 3 is 1.71 bits per heavy atom. The molecule has 10 atom stereocenters. The van der Waals surface area contributed by atoms with Crippen molar-refractivity contribution in [3.63, 3.8) is 0 Å². The van der Waals surface area contributed by atoms with Crippen LogP contribution < -0.4 is 14.9 Å². The Bertz CT molecular complexity index is 1440. The van der Waals surface area contributed by atoms with E-state index >= 15 is 0 Å². The van der Waals surface area contributed by atoms with E-state index in [2.05, 4.69) is 0 Å². The molecule has 0 aliphatic carbocycles. The van der Waals surface area contributed by atoms with Crippen LogP contribution in [0.1, 0.15) is 0 Å². The molecule has 1 aromatic heterocycles. The molecule has 3 aromatic rings. The molecule has 15 heteroatoms. The highest BCUT2D eigenvalue weighted by atomic mass is 16.7. The van der Waals surface area contributed by atoms with Crippen molar-refractivity contribution in [3.8, 4) is 28.6 Å². The Hall–Kier alpha value is -3.35. The van der Waals surface area contributed by atoms with Crippen LogP contribution in [0.3, 0.4) is 0 Å². The third-order valence-electron chi connectivity index (χ3n) is 7.12. The van der Waals surface area contributed by atoms with Crippen LogP contribution in [0.5, 0.6) is 17.2 Å². The number of aromatic hydroxyl groups is 1. The summed E-state index contributed by atoms with van der Waals surface area (Å²) < 4.78 is 27.6. The molecule has 0 saturated carbocycles. The summed E-state index contributed by atoms with van der Waals surface area (Å²) in [5.41, 5.74) is -0.293.